The summed E-state index contributed by atoms with van der Waals surface area (Å²) in [5.74, 6) is 0.550. The number of rotatable bonds is 10. The van der Waals surface area contributed by atoms with Gasteiger partial charge in [0.05, 0.1) is 6.10 Å². The Morgan fingerprint density at radius 3 is 1.74 bits per heavy atom. The van der Waals surface area contributed by atoms with Crippen molar-refractivity contribution in [3.05, 3.63) is 60.7 Å². The summed E-state index contributed by atoms with van der Waals surface area (Å²) in [6.07, 6.45) is 3.75. The van der Waals surface area contributed by atoms with Crippen molar-refractivity contribution >= 4 is 51.3 Å². The minimum Gasteiger partial charge on any atom is -0.404 e. The summed E-state index contributed by atoms with van der Waals surface area (Å²) in [5.41, 5.74) is 0.0959. The van der Waals surface area contributed by atoms with Crippen LogP contribution in [0.2, 0.25) is 0 Å². The van der Waals surface area contributed by atoms with Crippen molar-refractivity contribution in [3.8, 4) is 0 Å². The van der Waals surface area contributed by atoms with Gasteiger partial charge in [-0.1, -0.05) is 113 Å². The Bertz CT molecular complexity index is 603. The predicted molar refractivity (Wildman–Crippen MR) is 127 cm³/mol. The van der Waals surface area contributed by atoms with Gasteiger partial charge in [-0.15, -0.1) is 0 Å². The van der Waals surface area contributed by atoms with Gasteiger partial charge in [-0.25, -0.2) is 0 Å². The van der Waals surface area contributed by atoms with Crippen molar-refractivity contribution in [1.82, 2.24) is 0 Å². The molecule has 0 aliphatic carbocycles. The molecule has 0 aromatic heterocycles. The summed E-state index contributed by atoms with van der Waals surface area (Å²) in [6, 6.07) is 21.5. The first-order chi connectivity index (χ1) is 13.0. The Labute approximate surface area is 183 Å². The Kier molecular flexibility index (Phi) is 9.78. The molecule has 0 bridgehead atoms. The molecule has 2 atom stereocenters. The highest BCUT2D eigenvalue weighted by molar-refractivity contribution is 9.09. The molecular formula is C23H31Br2OSi. The lowest BCUT2D eigenvalue weighted by Gasteiger charge is -2.39. The molecule has 0 saturated carbocycles. The number of hydrogen-bond donors (Lipinski definition) is 0. The zero-order valence-corrected chi connectivity index (χ0v) is 20.8. The maximum Gasteiger partial charge on any atom is 0.283 e. The Hall–Kier alpha value is -0.423. The third-order valence-electron chi connectivity index (χ3n) is 4.79. The molecule has 0 aliphatic rings. The van der Waals surface area contributed by atoms with Crippen molar-refractivity contribution in [2.75, 3.05) is 10.7 Å². The summed E-state index contributed by atoms with van der Waals surface area (Å²) >= 11 is 7.28. The molecule has 4 heteroatoms. The van der Waals surface area contributed by atoms with Gasteiger partial charge in [0.25, 0.3) is 9.04 Å². The fourth-order valence-electron chi connectivity index (χ4n) is 3.52. The fraction of sp³-hybridized carbons (Fsp3) is 0.478. The molecule has 1 radical (unpaired) electrons. The maximum atomic E-state index is 7.06. The highest BCUT2D eigenvalue weighted by atomic mass is 79.9. The van der Waals surface area contributed by atoms with Crippen LogP contribution < -0.4 is 10.4 Å². The first-order valence-corrected chi connectivity index (χ1v) is 13.4. The van der Waals surface area contributed by atoms with E-state index in [4.69, 9.17) is 4.43 Å². The lowest BCUT2D eigenvalue weighted by atomic mass is 9.78. The van der Waals surface area contributed by atoms with Crippen molar-refractivity contribution in [2.24, 2.45) is 11.3 Å². The molecule has 2 aromatic rings. The lowest BCUT2D eigenvalue weighted by molar-refractivity contribution is 0.0304. The van der Waals surface area contributed by atoms with Crippen molar-refractivity contribution in [2.45, 2.75) is 46.1 Å². The van der Waals surface area contributed by atoms with Crippen LogP contribution in [-0.2, 0) is 4.43 Å². The molecule has 2 aromatic carbocycles. The highest BCUT2D eigenvalue weighted by Gasteiger charge is 2.36. The van der Waals surface area contributed by atoms with Crippen LogP contribution in [0.15, 0.2) is 60.7 Å². The van der Waals surface area contributed by atoms with Gasteiger partial charge in [0, 0.05) is 10.7 Å². The first kappa shape index (κ1) is 22.9. The van der Waals surface area contributed by atoms with E-state index in [1.807, 2.05) is 0 Å². The largest absolute Gasteiger partial charge is 0.404 e. The molecule has 0 amide bonds. The molecule has 0 saturated heterocycles. The molecule has 0 N–H and O–H groups in total. The quantitative estimate of drug-likeness (QED) is 0.290. The summed E-state index contributed by atoms with van der Waals surface area (Å²) < 4.78 is 7.06. The van der Waals surface area contributed by atoms with Gasteiger partial charge in [0.15, 0.2) is 0 Å². The smallest absolute Gasteiger partial charge is 0.283 e. The summed E-state index contributed by atoms with van der Waals surface area (Å²) in [5, 5.41) is 4.72. The van der Waals surface area contributed by atoms with Crippen LogP contribution in [-0.4, -0.2) is 25.8 Å². The molecule has 147 valence electrons. The molecule has 1 nitrogen and oxygen atoms in total. The summed E-state index contributed by atoms with van der Waals surface area (Å²) in [6.45, 7) is 6.97. The normalized spacial score (nSPS) is 14.3. The molecular weight excluding hydrogens is 480 g/mol. The van der Waals surface area contributed by atoms with Crippen LogP contribution in [0, 0.1) is 11.3 Å². The van der Waals surface area contributed by atoms with E-state index in [0.29, 0.717) is 5.92 Å². The molecule has 2 rings (SSSR count). The highest BCUT2D eigenvalue weighted by Crippen LogP contribution is 2.34. The van der Waals surface area contributed by atoms with Gasteiger partial charge in [0.2, 0.25) is 0 Å². The topological polar surface area (TPSA) is 9.23 Å². The van der Waals surface area contributed by atoms with Crippen LogP contribution in [0.25, 0.3) is 0 Å². The minimum absolute atomic E-state index is 0.0959. The van der Waals surface area contributed by atoms with E-state index < -0.39 is 9.04 Å². The molecule has 1 unspecified atom stereocenters. The average Bonchev–Trinajstić information content (AvgIpc) is 2.67. The van der Waals surface area contributed by atoms with Crippen LogP contribution in [0.1, 0.15) is 40.0 Å². The Morgan fingerprint density at radius 2 is 1.33 bits per heavy atom. The molecule has 0 heterocycles. The predicted octanol–water partition coefficient (Wildman–Crippen LogP) is 5.80. The van der Waals surface area contributed by atoms with Gasteiger partial charge in [-0.05, 0) is 41.0 Å². The van der Waals surface area contributed by atoms with Gasteiger partial charge < -0.3 is 4.43 Å². The van der Waals surface area contributed by atoms with Crippen molar-refractivity contribution < 1.29 is 4.43 Å². The average molecular weight is 511 g/mol. The van der Waals surface area contributed by atoms with Crippen LogP contribution in [0.3, 0.4) is 0 Å². The minimum atomic E-state index is -1.29. The lowest BCUT2D eigenvalue weighted by Crippen LogP contribution is -2.51. The van der Waals surface area contributed by atoms with E-state index in [9.17, 15) is 0 Å². The Balaban J connectivity index is 2.37. The van der Waals surface area contributed by atoms with Gasteiger partial charge in [-0.3, -0.25) is 0 Å². The van der Waals surface area contributed by atoms with Gasteiger partial charge >= 0.3 is 0 Å². The van der Waals surface area contributed by atoms with E-state index >= 15 is 0 Å². The van der Waals surface area contributed by atoms with E-state index in [1.54, 1.807) is 0 Å². The van der Waals surface area contributed by atoms with Crippen molar-refractivity contribution in [1.29, 1.82) is 0 Å². The first-order valence-electron chi connectivity index (χ1n) is 9.73. The van der Waals surface area contributed by atoms with Crippen LogP contribution in [0.5, 0.6) is 0 Å². The second-order valence-corrected chi connectivity index (χ2v) is 11.7. The van der Waals surface area contributed by atoms with E-state index in [0.717, 1.165) is 17.1 Å². The van der Waals surface area contributed by atoms with Gasteiger partial charge in [-0.2, -0.15) is 0 Å². The third-order valence-corrected chi connectivity index (χ3v) is 8.01. The van der Waals surface area contributed by atoms with E-state index in [1.165, 1.54) is 23.2 Å². The number of halogens is 2. The number of benzene rings is 2. The maximum absolute atomic E-state index is 7.06. The SMILES string of the molecule is CC(C)(C)C(O[Si](c1ccccc1)c1ccccc1)[C@H](CCBr)CCCBr. The van der Waals surface area contributed by atoms with Crippen LogP contribution >= 0.6 is 31.9 Å². The standard InChI is InChI=1S/C23H31Br2OSi/c1-23(2,3)22(19(16-18-25)11-10-17-24)26-27(20-12-6-4-7-13-20)21-14-8-5-9-15-21/h4-9,12-15,19,22H,10-11,16-18H2,1-3H3/t19-,22?/m0/s1. The zero-order valence-electron chi connectivity index (χ0n) is 16.6. The third kappa shape index (κ3) is 7.15. The summed E-state index contributed by atoms with van der Waals surface area (Å²) in [4.78, 5) is 0. The Morgan fingerprint density at radius 1 is 0.815 bits per heavy atom. The molecule has 0 spiro atoms. The second-order valence-electron chi connectivity index (χ2n) is 8.03. The van der Waals surface area contributed by atoms with Crippen molar-refractivity contribution in [3.63, 3.8) is 0 Å². The number of hydrogen-bond acceptors (Lipinski definition) is 1. The zero-order chi connectivity index (χ0) is 19.7. The monoisotopic (exact) mass is 509 g/mol. The summed E-state index contributed by atoms with van der Waals surface area (Å²) in [7, 11) is -1.29. The molecule has 27 heavy (non-hydrogen) atoms. The van der Waals surface area contributed by atoms with Crippen LogP contribution in [0.4, 0.5) is 0 Å². The second kappa shape index (κ2) is 11.5. The van der Waals surface area contributed by atoms with E-state index in [-0.39, 0.29) is 11.5 Å². The molecule has 0 fully saturated rings. The fourth-order valence-corrected chi connectivity index (χ4v) is 6.82. The van der Waals surface area contributed by atoms with Gasteiger partial charge in [0.1, 0.15) is 0 Å². The van der Waals surface area contributed by atoms with E-state index in [2.05, 4.69) is 113 Å². The number of alkyl halides is 2. The molecule has 0 aliphatic heterocycles.